The highest BCUT2D eigenvalue weighted by atomic mass is 35.5. The van der Waals surface area contributed by atoms with E-state index in [1.54, 1.807) is 4.90 Å². The Bertz CT molecular complexity index is 356. The molecule has 1 rings (SSSR count). The van der Waals surface area contributed by atoms with Gasteiger partial charge in [0.2, 0.25) is 0 Å². The quantitative estimate of drug-likeness (QED) is 0.832. The van der Waals surface area contributed by atoms with Gasteiger partial charge in [-0.3, -0.25) is 4.79 Å². The van der Waals surface area contributed by atoms with E-state index in [0.717, 1.165) is 12.0 Å². The fourth-order valence-electron chi connectivity index (χ4n) is 1.84. The summed E-state index contributed by atoms with van der Waals surface area (Å²) in [5.41, 5.74) is 6.66. The van der Waals surface area contributed by atoms with E-state index in [-0.39, 0.29) is 24.9 Å². The van der Waals surface area contributed by atoms with Crippen LogP contribution in [-0.2, 0) is 16.1 Å². The highest BCUT2D eigenvalue weighted by molar-refractivity contribution is 5.85. The molecule has 0 aliphatic rings. The van der Waals surface area contributed by atoms with Crippen molar-refractivity contribution in [1.29, 1.82) is 0 Å². The van der Waals surface area contributed by atoms with Crippen molar-refractivity contribution in [2.45, 2.75) is 26.0 Å². The first-order chi connectivity index (χ1) is 8.72. The van der Waals surface area contributed by atoms with Gasteiger partial charge in [-0.15, -0.1) is 12.4 Å². The molecule has 1 aromatic rings. The Morgan fingerprint density at radius 3 is 2.47 bits per heavy atom. The maximum Gasteiger partial charge on any atom is 0.253 e. The number of benzene rings is 1. The number of nitrogens with zero attached hydrogens (tertiary/aromatic N) is 1. The zero-order chi connectivity index (χ0) is 13.4. The molecular weight excluding hydrogens is 264 g/mol. The molecule has 0 saturated carbocycles. The summed E-state index contributed by atoms with van der Waals surface area (Å²) in [5.74, 6) is -0.0364. The SMILES string of the molecule is CCCN(Cc1ccccc1)C(=O)C(CN)OC.Cl. The van der Waals surface area contributed by atoms with Crippen LogP contribution in [0.15, 0.2) is 30.3 Å². The topological polar surface area (TPSA) is 55.6 Å². The lowest BCUT2D eigenvalue weighted by Crippen LogP contribution is -2.43. The number of carbonyl (C=O) groups is 1. The van der Waals surface area contributed by atoms with Crippen molar-refractivity contribution in [3.05, 3.63) is 35.9 Å². The van der Waals surface area contributed by atoms with E-state index >= 15 is 0 Å². The summed E-state index contributed by atoms with van der Waals surface area (Å²) in [6.07, 6.45) is 0.375. The van der Waals surface area contributed by atoms with Crippen LogP contribution in [0.25, 0.3) is 0 Å². The zero-order valence-corrected chi connectivity index (χ0v) is 12.4. The largest absolute Gasteiger partial charge is 0.370 e. The van der Waals surface area contributed by atoms with Gasteiger partial charge in [-0.25, -0.2) is 0 Å². The lowest BCUT2D eigenvalue weighted by atomic mass is 10.2. The Balaban J connectivity index is 0.00000324. The van der Waals surface area contributed by atoms with E-state index in [2.05, 4.69) is 6.92 Å². The maximum absolute atomic E-state index is 12.2. The Morgan fingerprint density at radius 2 is 2.00 bits per heavy atom. The molecule has 0 bridgehead atoms. The molecule has 108 valence electrons. The number of ether oxygens (including phenoxy) is 1. The molecule has 4 nitrogen and oxygen atoms in total. The molecular formula is C14H23ClN2O2. The molecule has 1 unspecified atom stereocenters. The first kappa shape index (κ1) is 17.9. The number of hydrogen-bond acceptors (Lipinski definition) is 3. The van der Waals surface area contributed by atoms with Crippen molar-refractivity contribution in [3.63, 3.8) is 0 Å². The molecule has 0 saturated heterocycles. The number of hydrogen-bond donors (Lipinski definition) is 1. The minimum Gasteiger partial charge on any atom is -0.370 e. The monoisotopic (exact) mass is 286 g/mol. The normalized spacial score (nSPS) is 11.5. The standard InChI is InChI=1S/C14H22N2O2.ClH/c1-3-9-16(14(17)13(10-15)18-2)11-12-7-5-4-6-8-12;/h4-8,13H,3,9-11,15H2,1-2H3;1H. The predicted octanol–water partition coefficient (Wildman–Crippen LogP) is 1.82. The molecule has 1 atom stereocenters. The summed E-state index contributed by atoms with van der Waals surface area (Å²) >= 11 is 0. The number of halogens is 1. The number of nitrogens with two attached hydrogens (primary N) is 1. The van der Waals surface area contributed by atoms with Gasteiger partial charge in [0.25, 0.3) is 5.91 Å². The lowest BCUT2D eigenvalue weighted by molar-refractivity contribution is -0.142. The van der Waals surface area contributed by atoms with Gasteiger partial charge in [-0.05, 0) is 12.0 Å². The van der Waals surface area contributed by atoms with Gasteiger partial charge in [-0.1, -0.05) is 37.3 Å². The van der Waals surface area contributed by atoms with E-state index in [1.165, 1.54) is 7.11 Å². The van der Waals surface area contributed by atoms with E-state index in [9.17, 15) is 4.79 Å². The third-order valence-corrected chi connectivity index (χ3v) is 2.80. The van der Waals surface area contributed by atoms with Crippen LogP contribution in [0.4, 0.5) is 0 Å². The molecule has 1 amide bonds. The summed E-state index contributed by atoms with van der Waals surface area (Å²) in [5, 5.41) is 0. The number of amides is 1. The molecule has 0 aromatic heterocycles. The predicted molar refractivity (Wildman–Crippen MR) is 79.2 cm³/mol. The van der Waals surface area contributed by atoms with Crippen LogP contribution in [0.3, 0.4) is 0 Å². The minimum absolute atomic E-state index is 0. The van der Waals surface area contributed by atoms with Crippen LogP contribution in [0.2, 0.25) is 0 Å². The van der Waals surface area contributed by atoms with Gasteiger partial charge in [-0.2, -0.15) is 0 Å². The van der Waals surface area contributed by atoms with Crippen LogP contribution in [-0.4, -0.2) is 37.1 Å². The molecule has 2 N–H and O–H groups in total. The van der Waals surface area contributed by atoms with Crippen LogP contribution in [0, 0.1) is 0 Å². The molecule has 5 heteroatoms. The fraction of sp³-hybridized carbons (Fsp3) is 0.500. The van der Waals surface area contributed by atoms with E-state index in [1.807, 2.05) is 30.3 Å². The third-order valence-electron chi connectivity index (χ3n) is 2.80. The van der Waals surface area contributed by atoms with Crippen molar-refractivity contribution < 1.29 is 9.53 Å². The lowest BCUT2D eigenvalue weighted by Gasteiger charge is -2.26. The second-order valence-corrected chi connectivity index (χ2v) is 4.21. The Morgan fingerprint density at radius 1 is 1.37 bits per heavy atom. The molecule has 19 heavy (non-hydrogen) atoms. The van der Waals surface area contributed by atoms with Crippen LogP contribution in [0.1, 0.15) is 18.9 Å². The third kappa shape index (κ3) is 5.59. The van der Waals surface area contributed by atoms with Crippen molar-refractivity contribution in [2.24, 2.45) is 5.73 Å². The molecule has 0 aliphatic heterocycles. The molecule has 0 fully saturated rings. The van der Waals surface area contributed by atoms with Gasteiger partial charge < -0.3 is 15.4 Å². The van der Waals surface area contributed by atoms with Gasteiger partial charge >= 0.3 is 0 Å². The first-order valence-corrected chi connectivity index (χ1v) is 6.28. The van der Waals surface area contributed by atoms with E-state index in [4.69, 9.17) is 10.5 Å². The zero-order valence-electron chi connectivity index (χ0n) is 11.5. The minimum atomic E-state index is -0.541. The van der Waals surface area contributed by atoms with E-state index < -0.39 is 6.10 Å². The molecule has 0 aliphatic carbocycles. The summed E-state index contributed by atoms with van der Waals surface area (Å²) in [4.78, 5) is 14.0. The number of methoxy groups -OCH3 is 1. The van der Waals surface area contributed by atoms with Crippen molar-refractivity contribution in [2.75, 3.05) is 20.2 Å². The van der Waals surface area contributed by atoms with E-state index in [0.29, 0.717) is 13.1 Å². The molecule has 0 heterocycles. The fourth-order valence-corrected chi connectivity index (χ4v) is 1.84. The van der Waals surface area contributed by atoms with Gasteiger partial charge in [0.05, 0.1) is 0 Å². The average molecular weight is 287 g/mol. The average Bonchev–Trinajstić information content (AvgIpc) is 2.40. The molecule has 0 radical (unpaired) electrons. The second kappa shape index (κ2) is 9.78. The van der Waals surface area contributed by atoms with Crippen LogP contribution >= 0.6 is 12.4 Å². The van der Waals surface area contributed by atoms with Crippen LogP contribution < -0.4 is 5.73 Å². The van der Waals surface area contributed by atoms with Crippen molar-refractivity contribution in [3.8, 4) is 0 Å². The Labute approximate surface area is 121 Å². The Kier molecular flexibility index (Phi) is 9.21. The van der Waals surface area contributed by atoms with Crippen LogP contribution in [0.5, 0.6) is 0 Å². The molecule has 1 aromatic carbocycles. The highest BCUT2D eigenvalue weighted by Gasteiger charge is 2.22. The second-order valence-electron chi connectivity index (χ2n) is 4.21. The highest BCUT2D eigenvalue weighted by Crippen LogP contribution is 2.08. The summed E-state index contributed by atoms with van der Waals surface area (Å²) < 4.78 is 5.11. The van der Waals surface area contributed by atoms with Crippen molar-refractivity contribution >= 4 is 18.3 Å². The maximum atomic E-state index is 12.2. The van der Waals surface area contributed by atoms with Gasteiger partial charge in [0, 0.05) is 26.7 Å². The Hall–Kier alpha value is -1.10. The first-order valence-electron chi connectivity index (χ1n) is 6.28. The number of carbonyl (C=O) groups excluding carboxylic acids is 1. The van der Waals surface area contributed by atoms with Gasteiger partial charge in [0.1, 0.15) is 6.10 Å². The van der Waals surface area contributed by atoms with Gasteiger partial charge in [0.15, 0.2) is 0 Å². The summed E-state index contributed by atoms with van der Waals surface area (Å²) in [7, 11) is 1.52. The van der Waals surface area contributed by atoms with Crippen molar-refractivity contribution in [1.82, 2.24) is 4.90 Å². The number of rotatable bonds is 7. The molecule has 0 spiro atoms. The summed E-state index contributed by atoms with van der Waals surface area (Å²) in [6.45, 7) is 3.58. The smallest absolute Gasteiger partial charge is 0.253 e. The summed E-state index contributed by atoms with van der Waals surface area (Å²) in [6, 6.07) is 9.94.